The van der Waals surface area contributed by atoms with Gasteiger partial charge in [-0.3, -0.25) is 4.79 Å². The molecule has 0 bridgehead atoms. The Balaban J connectivity index is 2.16. The molecule has 2 heteroatoms. The molecule has 1 saturated carbocycles. The van der Waals surface area contributed by atoms with Crippen molar-refractivity contribution in [2.24, 2.45) is 5.92 Å². The van der Waals surface area contributed by atoms with Crippen LogP contribution in [0.3, 0.4) is 0 Å². The summed E-state index contributed by atoms with van der Waals surface area (Å²) in [5.74, 6) is 0.770. The second-order valence-corrected chi connectivity index (χ2v) is 2.99. The monoisotopic (exact) mass is 142 g/mol. The van der Waals surface area contributed by atoms with Crippen molar-refractivity contribution < 1.29 is 9.53 Å². The summed E-state index contributed by atoms with van der Waals surface area (Å²) in [7, 11) is 1.64. The van der Waals surface area contributed by atoms with Crippen molar-refractivity contribution in [2.45, 2.75) is 32.3 Å². The second kappa shape index (κ2) is 3.15. The van der Waals surface area contributed by atoms with Gasteiger partial charge in [-0.2, -0.15) is 0 Å². The van der Waals surface area contributed by atoms with Gasteiger partial charge in [0, 0.05) is 19.4 Å². The highest BCUT2D eigenvalue weighted by molar-refractivity contribution is 5.83. The number of carbonyl (C=O) groups excluding carboxylic acids is 1. The SMILES string of the molecule is COC(C)CC(=O)C1CC1. The van der Waals surface area contributed by atoms with Gasteiger partial charge in [0.15, 0.2) is 0 Å². The molecule has 1 aliphatic rings. The number of carbonyl (C=O) groups is 1. The van der Waals surface area contributed by atoms with E-state index in [0.29, 0.717) is 18.1 Å². The Hall–Kier alpha value is -0.370. The molecule has 0 saturated heterocycles. The first-order valence-electron chi connectivity index (χ1n) is 3.79. The van der Waals surface area contributed by atoms with Crippen molar-refractivity contribution in [2.75, 3.05) is 7.11 Å². The smallest absolute Gasteiger partial charge is 0.138 e. The highest BCUT2D eigenvalue weighted by atomic mass is 16.5. The van der Waals surface area contributed by atoms with Gasteiger partial charge >= 0.3 is 0 Å². The molecular weight excluding hydrogens is 128 g/mol. The molecule has 0 N–H and O–H groups in total. The van der Waals surface area contributed by atoms with Crippen molar-refractivity contribution in [1.29, 1.82) is 0 Å². The average Bonchev–Trinajstić information content (AvgIpc) is 2.68. The van der Waals surface area contributed by atoms with Crippen LogP contribution in [-0.2, 0) is 9.53 Å². The topological polar surface area (TPSA) is 26.3 Å². The summed E-state index contributed by atoms with van der Waals surface area (Å²) in [4.78, 5) is 11.1. The van der Waals surface area contributed by atoms with Gasteiger partial charge in [-0.15, -0.1) is 0 Å². The normalized spacial score (nSPS) is 20.6. The number of rotatable bonds is 4. The molecular formula is C8H14O2. The minimum absolute atomic E-state index is 0.105. The van der Waals surface area contributed by atoms with E-state index in [9.17, 15) is 4.79 Å². The van der Waals surface area contributed by atoms with Crippen LogP contribution in [0.4, 0.5) is 0 Å². The first-order valence-corrected chi connectivity index (χ1v) is 3.79. The Morgan fingerprint density at radius 3 is 2.70 bits per heavy atom. The summed E-state index contributed by atoms with van der Waals surface area (Å²) >= 11 is 0. The highest BCUT2D eigenvalue weighted by Gasteiger charge is 2.29. The maximum atomic E-state index is 11.1. The predicted octanol–water partition coefficient (Wildman–Crippen LogP) is 1.39. The van der Waals surface area contributed by atoms with E-state index in [1.54, 1.807) is 7.11 Å². The Morgan fingerprint density at radius 2 is 2.30 bits per heavy atom. The van der Waals surface area contributed by atoms with Gasteiger partial charge in [-0.05, 0) is 19.8 Å². The van der Waals surface area contributed by atoms with Crippen LogP contribution in [0, 0.1) is 5.92 Å². The van der Waals surface area contributed by atoms with Gasteiger partial charge < -0.3 is 4.74 Å². The number of methoxy groups -OCH3 is 1. The van der Waals surface area contributed by atoms with E-state index in [0.717, 1.165) is 12.8 Å². The number of hydrogen-bond acceptors (Lipinski definition) is 2. The quantitative estimate of drug-likeness (QED) is 0.593. The standard InChI is InChI=1S/C8H14O2/c1-6(10-2)5-8(9)7-3-4-7/h6-7H,3-5H2,1-2H3. The highest BCUT2D eigenvalue weighted by Crippen LogP contribution is 2.31. The Kier molecular flexibility index (Phi) is 2.44. The van der Waals surface area contributed by atoms with Crippen molar-refractivity contribution in [3.8, 4) is 0 Å². The summed E-state index contributed by atoms with van der Waals surface area (Å²) < 4.78 is 4.98. The summed E-state index contributed by atoms with van der Waals surface area (Å²) in [5.41, 5.74) is 0. The summed E-state index contributed by atoms with van der Waals surface area (Å²) in [6.45, 7) is 1.93. The van der Waals surface area contributed by atoms with E-state index < -0.39 is 0 Å². The Morgan fingerprint density at radius 1 is 1.70 bits per heavy atom. The van der Waals surface area contributed by atoms with Crippen molar-refractivity contribution in [1.82, 2.24) is 0 Å². The first-order chi connectivity index (χ1) is 4.74. The van der Waals surface area contributed by atoms with E-state index in [1.165, 1.54) is 0 Å². The molecule has 0 aromatic heterocycles. The zero-order valence-electron chi connectivity index (χ0n) is 6.59. The first kappa shape index (κ1) is 7.73. The van der Waals surface area contributed by atoms with Crippen LogP contribution in [0.1, 0.15) is 26.2 Å². The number of ether oxygens (including phenoxy) is 1. The minimum Gasteiger partial charge on any atom is -0.381 e. The molecule has 0 heterocycles. The molecule has 0 amide bonds. The molecule has 0 aromatic carbocycles. The summed E-state index contributed by atoms with van der Waals surface area (Å²) in [6.07, 6.45) is 2.92. The number of hydrogen-bond donors (Lipinski definition) is 0. The third kappa shape index (κ3) is 2.10. The lowest BCUT2D eigenvalue weighted by Crippen LogP contribution is -2.13. The van der Waals surface area contributed by atoms with E-state index in [1.807, 2.05) is 6.92 Å². The predicted molar refractivity (Wildman–Crippen MR) is 38.8 cm³/mol. The molecule has 0 aromatic rings. The van der Waals surface area contributed by atoms with Gasteiger partial charge in [0.1, 0.15) is 5.78 Å². The zero-order valence-corrected chi connectivity index (χ0v) is 6.59. The molecule has 0 aliphatic heterocycles. The van der Waals surface area contributed by atoms with Crippen molar-refractivity contribution >= 4 is 5.78 Å². The maximum absolute atomic E-state index is 11.1. The van der Waals surface area contributed by atoms with Gasteiger partial charge in [-0.25, -0.2) is 0 Å². The third-order valence-electron chi connectivity index (χ3n) is 1.92. The van der Waals surface area contributed by atoms with E-state index >= 15 is 0 Å². The van der Waals surface area contributed by atoms with Crippen LogP contribution < -0.4 is 0 Å². The van der Waals surface area contributed by atoms with Gasteiger partial charge in [0.25, 0.3) is 0 Å². The van der Waals surface area contributed by atoms with E-state index in [2.05, 4.69) is 0 Å². The molecule has 1 unspecified atom stereocenters. The van der Waals surface area contributed by atoms with E-state index in [-0.39, 0.29) is 6.10 Å². The Bertz CT molecular complexity index is 127. The molecule has 0 spiro atoms. The molecule has 1 rings (SSSR count). The maximum Gasteiger partial charge on any atom is 0.138 e. The second-order valence-electron chi connectivity index (χ2n) is 2.99. The van der Waals surface area contributed by atoms with Gasteiger partial charge in [0.2, 0.25) is 0 Å². The molecule has 1 atom stereocenters. The molecule has 2 nitrogen and oxygen atoms in total. The van der Waals surface area contributed by atoms with Gasteiger partial charge in [0.05, 0.1) is 6.10 Å². The van der Waals surface area contributed by atoms with Crippen LogP contribution in [0.25, 0.3) is 0 Å². The molecule has 1 fully saturated rings. The number of ketones is 1. The van der Waals surface area contributed by atoms with Crippen LogP contribution >= 0.6 is 0 Å². The molecule has 1 aliphatic carbocycles. The zero-order chi connectivity index (χ0) is 7.56. The van der Waals surface area contributed by atoms with Crippen LogP contribution in [-0.4, -0.2) is 19.0 Å². The van der Waals surface area contributed by atoms with Gasteiger partial charge in [-0.1, -0.05) is 0 Å². The number of Topliss-reactive ketones (excluding diaryl/α,β-unsaturated/α-hetero) is 1. The third-order valence-corrected chi connectivity index (χ3v) is 1.92. The minimum atomic E-state index is 0.105. The average molecular weight is 142 g/mol. The fourth-order valence-corrected chi connectivity index (χ4v) is 0.939. The van der Waals surface area contributed by atoms with Crippen molar-refractivity contribution in [3.63, 3.8) is 0 Å². The lowest BCUT2D eigenvalue weighted by Gasteiger charge is -2.06. The Labute approximate surface area is 61.6 Å². The van der Waals surface area contributed by atoms with Crippen molar-refractivity contribution in [3.05, 3.63) is 0 Å². The molecule has 10 heavy (non-hydrogen) atoms. The molecule has 58 valence electrons. The van der Waals surface area contributed by atoms with E-state index in [4.69, 9.17) is 4.74 Å². The van der Waals surface area contributed by atoms with Crippen LogP contribution in [0.2, 0.25) is 0 Å². The summed E-state index contributed by atoms with van der Waals surface area (Å²) in [5, 5.41) is 0. The van der Waals surface area contributed by atoms with Crippen LogP contribution in [0.15, 0.2) is 0 Å². The fourth-order valence-electron chi connectivity index (χ4n) is 0.939. The lowest BCUT2D eigenvalue weighted by molar-refractivity contribution is -0.122. The largest absolute Gasteiger partial charge is 0.381 e. The fraction of sp³-hybridized carbons (Fsp3) is 0.875. The van der Waals surface area contributed by atoms with Crippen LogP contribution in [0.5, 0.6) is 0 Å². The molecule has 0 radical (unpaired) electrons. The lowest BCUT2D eigenvalue weighted by atomic mass is 10.1. The summed E-state index contributed by atoms with van der Waals surface area (Å²) in [6, 6.07) is 0.